The van der Waals surface area contributed by atoms with Crippen molar-refractivity contribution in [2.45, 2.75) is 20.5 Å². The highest BCUT2D eigenvalue weighted by atomic mass is 32.1. The Balaban J connectivity index is 1.46. The Morgan fingerprint density at radius 1 is 1.27 bits per heavy atom. The summed E-state index contributed by atoms with van der Waals surface area (Å²) in [6.07, 6.45) is 0.664. The summed E-state index contributed by atoms with van der Waals surface area (Å²) >= 11 is 2.93. The van der Waals surface area contributed by atoms with E-state index in [1.165, 1.54) is 17.4 Å². The molecule has 0 atom stereocenters. The molecule has 3 heterocycles. The highest BCUT2D eigenvalue weighted by Crippen LogP contribution is 2.29. The Morgan fingerprint density at radius 2 is 2.13 bits per heavy atom. The molecule has 30 heavy (non-hydrogen) atoms. The molecule has 1 amide bonds. The van der Waals surface area contributed by atoms with E-state index in [0.717, 1.165) is 21.8 Å². The molecule has 4 aromatic rings. The summed E-state index contributed by atoms with van der Waals surface area (Å²) in [5.41, 5.74) is 3.02. The zero-order valence-corrected chi connectivity index (χ0v) is 17.8. The average Bonchev–Trinajstić information content (AvgIpc) is 3.49. The van der Waals surface area contributed by atoms with Crippen LogP contribution in [0.5, 0.6) is 5.75 Å². The number of aromatic nitrogens is 2. The number of rotatable bonds is 7. The number of amides is 1. The minimum Gasteiger partial charge on any atom is -0.488 e. The molecule has 0 bridgehead atoms. The van der Waals surface area contributed by atoms with Crippen LogP contribution in [0.1, 0.15) is 37.7 Å². The van der Waals surface area contributed by atoms with E-state index in [-0.39, 0.29) is 18.1 Å². The number of hydrogen-bond acceptors (Lipinski definition) is 8. The minimum absolute atomic E-state index is 0.220. The predicted molar refractivity (Wildman–Crippen MR) is 116 cm³/mol. The van der Waals surface area contributed by atoms with Crippen LogP contribution in [0.15, 0.2) is 45.6 Å². The largest absolute Gasteiger partial charge is 0.488 e. The van der Waals surface area contributed by atoms with Gasteiger partial charge in [-0.05, 0) is 43.5 Å². The van der Waals surface area contributed by atoms with Gasteiger partial charge in [-0.2, -0.15) is 0 Å². The molecular weight excluding hydrogens is 422 g/mol. The number of ether oxygens (including phenoxy) is 1. The second-order valence-electron chi connectivity index (χ2n) is 6.43. The van der Waals surface area contributed by atoms with Crippen LogP contribution in [-0.2, 0) is 6.61 Å². The standard InChI is InChI=1S/C21H17N3O4S2/c1-12-16(13(2)28-24-12)10-27-18-6-5-14(8-15(18)9-25)20(26)23-21-22-17(11-30-21)19-4-3-7-29-19/h3-9,11H,10H2,1-2H3,(H,22,23,26). The summed E-state index contributed by atoms with van der Waals surface area (Å²) in [4.78, 5) is 29.6. The lowest BCUT2D eigenvalue weighted by atomic mass is 10.1. The van der Waals surface area contributed by atoms with Gasteiger partial charge >= 0.3 is 0 Å². The third-order valence-corrected chi connectivity index (χ3v) is 6.10. The Kier molecular flexibility index (Phi) is 5.73. The van der Waals surface area contributed by atoms with Gasteiger partial charge < -0.3 is 9.26 Å². The summed E-state index contributed by atoms with van der Waals surface area (Å²) in [5.74, 6) is 0.708. The Hall–Kier alpha value is -3.30. The van der Waals surface area contributed by atoms with Gasteiger partial charge in [0.2, 0.25) is 0 Å². The van der Waals surface area contributed by atoms with E-state index in [1.807, 2.05) is 29.8 Å². The maximum absolute atomic E-state index is 12.6. The van der Waals surface area contributed by atoms with E-state index in [9.17, 15) is 9.59 Å². The number of anilines is 1. The number of hydrogen-bond donors (Lipinski definition) is 1. The number of nitrogens with one attached hydrogen (secondary N) is 1. The lowest BCUT2D eigenvalue weighted by molar-refractivity contribution is 0.102. The molecule has 0 radical (unpaired) electrons. The molecule has 0 saturated heterocycles. The van der Waals surface area contributed by atoms with Crippen LogP contribution in [0.3, 0.4) is 0 Å². The first-order chi connectivity index (χ1) is 14.5. The third-order valence-electron chi connectivity index (χ3n) is 4.45. The number of carbonyl (C=O) groups excluding carboxylic acids is 2. The van der Waals surface area contributed by atoms with Crippen molar-refractivity contribution < 1.29 is 18.8 Å². The van der Waals surface area contributed by atoms with Crippen LogP contribution in [-0.4, -0.2) is 22.3 Å². The third kappa shape index (κ3) is 4.17. The molecule has 0 aliphatic carbocycles. The van der Waals surface area contributed by atoms with Crippen molar-refractivity contribution in [1.29, 1.82) is 0 Å². The average molecular weight is 440 g/mol. The minimum atomic E-state index is -0.345. The fraction of sp³-hybridized carbons (Fsp3) is 0.143. The molecule has 0 aliphatic heterocycles. The van der Waals surface area contributed by atoms with Crippen molar-refractivity contribution in [3.05, 3.63) is 69.2 Å². The van der Waals surface area contributed by atoms with Gasteiger partial charge in [-0.15, -0.1) is 22.7 Å². The molecule has 0 aliphatic rings. The molecular formula is C21H17N3O4S2. The highest BCUT2D eigenvalue weighted by Gasteiger charge is 2.15. The molecule has 0 unspecified atom stereocenters. The number of aldehydes is 1. The van der Waals surface area contributed by atoms with Crippen LogP contribution < -0.4 is 10.1 Å². The zero-order chi connectivity index (χ0) is 21.1. The number of benzene rings is 1. The summed E-state index contributed by atoms with van der Waals surface area (Å²) in [6, 6.07) is 8.64. The molecule has 1 N–H and O–H groups in total. The van der Waals surface area contributed by atoms with Gasteiger partial charge in [0.1, 0.15) is 18.1 Å². The Bertz CT molecular complexity index is 1180. The van der Waals surface area contributed by atoms with E-state index in [0.29, 0.717) is 28.5 Å². The first-order valence-corrected chi connectivity index (χ1v) is 10.8. The van der Waals surface area contributed by atoms with Gasteiger partial charge in [0.15, 0.2) is 11.4 Å². The summed E-state index contributed by atoms with van der Waals surface area (Å²) < 4.78 is 10.9. The maximum Gasteiger partial charge on any atom is 0.257 e. The normalized spacial score (nSPS) is 10.7. The van der Waals surface area contributed by atoms with Crippen LogP contribution in [0, 0.1) is 13.8 Å². The monoisotopic (exact) mass is 439 g/mol. The van der Waals surface area contributed by atoms with Gasteiger partial charge in [0.25, 0.3) is 5.91 Å². The molecule has 0 spiro atoms. The van der Waals surface area contributed by atoms with Crippen molar-refractivity contribution in [3.63, 3.8) is 0 Å². The second kappa shape index (κ2) is 8.60. The quantitative estimate of drug-likeness (QED) is 0.402. The fourth-order valence-corrected chi connectivity index (χ4v) is 4.28. The first-order valence-electron chi connectivity index (χ1n) is 8.99. The predicted octanol–water partition coefficient (Wildman–Crippen LogP) is 5.12. The Morgan fingerprint density at radius 3 is 2.83 bits per heavy atom. The molecule has 152 valence electrons. The van der Waals surface area contributed by atoms with Crippen LogP contribution >= 0.6 is 22.7 Å². The van der Waals surface area contributed by atoms with Gasteiger partial charge in [0, 0.05) is 10.9 Å². The van der Waals surface area contributed by atoms with Gasteiger partial charge in [0.05, 0.1) is 27.4 Å². The van der Waals surface area contributed by atoms with Crippen molar-refractivity contribution in [1.82, 2.24) is 10.1 Å². The van der Waals surface area contributed by atoms with Crippen molar-refractivity contribution in [3.8, 4) is 16.3 Å². The topological polar surface area (TPSA) is 94.3 Å². The van der Waals surface area contributed by atoms with Crippen LogP contribution in [0.2, 0.25) is 0 Å². The van der Waals surface area contributed by atoms with Crippen molar-refractivity contribution in [2.24, 2.45) is 0 Å². The van der Waals surface area contributed by atoms with Gasteiger partial charge in [-0.1, -0.05) is 11.2 Å². The summed E-state index contributed by atoms with van der Waals surface area (Å²) in [5, 5.41) is 11.0. The number of nitrogens with zero attached hydrogens (tertiary/aromatic N) is 2. The summed E-state index contributed by atoms with van der Waals surface area (Å²) in [6.45, 7) is 3.85. The Labute approximate surface area is 180 Å². The van der Waals surface area contributed by atoms with Crippen LogP contribution in [0.25, 0.3) is 10.6 Å². The first kappa shape index (κ1) is 20.0. The molecule has 3 aromatic heterocycles. The molecule has 4 rings (SSSR count). The van der Waals surface area contributed by atoms with E-state index < -0.39 is 0 Å². The van der Waals surface area contributed by atoms with Crippen molar-refractivity contribution in [2.75, 3.05) is 5.32 Å². The van der Waals surface area contributed by atoms with E-state index in [2.05, 4.69) is 15.5 Å². The number of thiazole rings is 1. The maximum atomic E-state index is 12.6. The van der Waals surface area contributed by atoms with E-state index in [1.54, 1.807) is 30.4 Å². The van der Waals surface area contributed by atoms with Gasteiger partial charge in [-0.3, -0.25) is 14.9 Å². The molecule has 9 heteroatoms. The second-order valence-corrected chi connectivity index (χ2v) is 8.24. The van der Waals surface area contributed by atoms with Crippen molar-refractivity contribution >= 4 is 40.0 Å². The fourth-order valence-electron chi connectivity index (χ4n) is 2.81. The molecule has 0 saturated carbocycles. The smallest absolute Gasteiger partial charge is 0.257 e. The van der Waals surface area contributed by atoms with Gasteiger partial charge in [-0.25, -0.2) is 4.98 Å². The number of aryl methyl sites for hydroxylation is 2. The zero-order valence-electron chi connectivity index (χ0n) is 16.2. The van der Waals surface area contributed by atoms with E-state index >= 15 is 0 Å². The molecule has 0 fully saturated rings. The molecule has 7 nitrogen and oxygen atoms in total. The lowest BCUT2D eigenvalue weighted by Crippen LogP contribution is -2.12. The number of carbonyl (C=O) groups is 2. The summed E-state index contributed by atoms with van der Waals surface area (Å²) in [7, 11) is 0. The highest BCUT2D eigenvalue weighted by molar-refractivity contribution is 7.16. The number of thiophene rings is 1. The lowest BCUT2D eigenvalue weighted by Gasteiger charge is -2.10. The molecule has 1 aromatic carbocycles. The van der Waals surface area contributed by atoms with Crippen LogP contribution in [0.4, 0.5) is 5.13 Å². The SMILES string of the molecule is Cc1noc(C)c1COc1ccc(C(=O)Nc2nc(-c3cccs3)cs2)cc1C=O. The van der Waals surface area contributed by atoms with E-state index in [4.69, 9.17) is 9.26 Å².